The van der Waals surface area contributed by atoms with Crippen LogP contribution < -0.4 is 0 Å². The van der Waals surface area contributed by atoms with Gasteiger partial charge in [0, 0.05) is 6.20 Å². The lowest BCUT2D eigenvalue weighted by Gasteiger charge is -2.06. The molecule has 22 heavy (non-hydrogen) atoms. The van der Waals surface area contributed by atoms with Crippen LogP contribution in [0, 0.1) is 0 Å². The minimum Gasteiger partial charge on any atom is -0.476 e. The number of aromatic carboxylic acids is 1. The number of hydrogen-bond donors (Lipinski definition) is 1. The third-order valence-electron chi connectivity index (χ3n) is 3.07. The van der Waals surface area contributed by atoms with Crippen molar-refractivity contribution in [1.29, 1.82) is 0 Å². The Bertz CT molecular complexity index is 949. The topological polar surface area (TPSA) is 102 Å². The van der Waals surface area contributed by atoms with E-state index in [0.29, 0.717) is 5.56 Å². The predicted molar refractivity (Wildman–Crippen MR) is 79.0 cm³/mol. The van der Waals surface area contributed by atoms with Crippen LogP contribution in [0.15, 0.2) is 48.8 Å². The van der Waals surface area contributed by atoms with Crippen molar-refractivity contribution in [2.24, 2.45) is 0 Å². The maximum absolute atomic E-state index is 12.5. The largest absolute Gasteiger partial charge is 0.476 e. The quantitative estimate of drug-likeness (QED) is 0.782. The molecule has 0 bridgehead atoms. The Kier molecular flexibility index (Phi) is 3.38. The first-order valence-corrected chi connectivity index (χ1v) is 7.93. The molecule has 7 nitrogen and oxygen atoms in total. The molecule has 3 aromatic rings. The number of carboxylic acid groups (broad SMARTS) is 1. The first-order valence-electron chi connectivity index (χ1n) is 6.32. The van der Waals surface area contributed by atoms with Crippen molar-refractivity contribution in [3.05, 3.63) is 60.0 Å². The van der Waals surface area contributed by atoms with Crippen molar-refractivity contribution in [2.75, 3.05) is 0 Å². The van der Waals surface area contributed by atoms with Gasteiger partial charge in [-0.1, -0.05) is 30.3 Å². The van der Waals surface area contributed by atoms with Crippen LogP contribution in [0.25, 0.3) is 11.2 Å². The summed E-state index contributed by atoms with van der Waals surface area (Å²) in [6.07, 6.45) is 2.37. The summed E-state index contributed by atoms with van der Waals surface area (Å²) in [4.78, 5) is 18.6. The van der Waals surface area contributed by atoms with Gasteiger partial charge >= 0.3 is 5.97 Å². The van der Waals surface area contributed by atoms with E-state index in [4.69, 9.17) is 5.11 Å². The molecule has 0 spiro atoms. The van der Waals surface area contributed by atoms with Gasteiger partial charge in [-0.25, -0.2) is 27.2 Å². The van der Waals surface area contributed by atoms with Crippen LogP contribution in [-0.2, 0) is 15.8 Å². The predicted octanol–water partition coefficient (Wildman–Crippen LogP) is 1.51. The summed E-state index contributed by atoms with van der Waals surface area (Å²) in [5, 5.41) is 8.88. The van der Waals surface area contributed by atoms with E-state index in [-0.39, 0.29) is 22.6 Å². The molecular weight excluding hydrogens is 306 g/mol. The van der Waals surface area contributed by atoms with Gasteiger partial charge in [0.1, 0.15) is 5.52 Å². The van der Waals surface area contributed by atoms with Crippen molar-refractivity contribution < 1.29 is 18.3 Å². The van der Waals surface area contributed by atoms with Crippen LogP contribution in [-0.4, -0.2) is 33.4 Å². The van der Waals surface area contributed by atoms with Crippen LogP contribution in [0.1, 0.15) is 16.1 Å². The number of hydrogen-bond acceptors (Lipinski definition) is 5. The number of carbonyl (C=O) groups is 1. The zero-order valence-corrected chi connectivity index (χ0v) is 12.1. The highest BCUT2D eigenvalue weighted by Crippen LogP contribution is 2.17. The van der Waals surface area contributed by atoms with Crippen LogP contribution in [0.3, 0.4) is 0 Å². The molecule has 0 aliphatic heterocycles. The minimum absolute atomic E-state index is 0.112. The first-order chi connectivity index (χ1) is 10.5. The Balaban J connectivity index is 2.04. The molecule has 3 rings (SSSR count). The number of carboxylic acids is 1. The van der Waals surface area contributed by atoms with Crippen LogP contribution in [0.2, 0.25) is 0 Å². The zero-order valence-electron chi connectivity index (χ0n) is 11.2. The lowest BCUT2D eigenvalue weighted by molar-refractivity contribution is 0.0690. The van der Waals surface area contributed by atoms with Crippen molar-refractivity contribution >= 4 is 27.2 Å². The molecule has 0 aliphatic rings. The summed E-state index contributed by atoms with van der Waals surface area (Å²) in [6.45, 7) is 0. The molecule has 1 aromatic carbocycles. The number of fused-ring (bicyclic) bond motifs is 1. The maximum atomic E-state index is 12.5. The molecule has 0 amide bonds. The van der Waals surface area contributed by atoms with Gasteiger partial charge in [-0.05, 0) is 11.6 Å². The van der Waals surface area contributed by atoms with Crippen LogP contribution >= 0.6 is 0 Å². The normalized spacial score (nSPS) is 11.6. The first kappa shape index (κ1) is 14.2. The van der Waals surface area contributed by atoms with Crippen molar-refractivity contribution in [2.45, 2.75) is 5.75 Å². The van der Waals surface area contributed by atoms with E-state index in [2.05, 4.69) is 9.97 Å². The SMILES string of the molecule is O=C(O)c1cnc2c(ccn2S(=O)(=O)Cc2ccccc2)n1. The molecule has 0 fully saturated rings. The molecule has 2 heterocycles. The smallest absolute Gasteiger partial charge is 0.356 e. The fourth-order valence-corrected chi connectivity index (χ4v) is 3.47. The third kappa shape index (κ3) is 2.56. The Morgan fingerprint density at radius 3 is 2.59 bits per heavy atom. The van der Waals surface area contributed by atoms with Gasteiger partial charge in [0.2, 0.25) is 10.0 Å². The van der Waals surface area contributed by atoms with Gasteiger partial charge in [-0.3, -0.25) is 0 Å². The molecule has 0 atom stereocenters. The lowest BCUT2D eigenvalue weighted by Crippen LogP contribution is -2.15. The Morgan fingerprint density at radius 2 is 1.91 bits per heavy atom. The van der Waals surface area contributed by atoms with E-state index >= 15 is 0 Å². The molecule has 0 saturated heterocycles. The number of aromatic nitrogens is 3. The summed E-state index contributed by atoms with van der Waals surface area (Å²) in [6, 6.07) is 10.2. The second kappa shape index (κ2) is 5.23. The molecule has 0 radical (unpaired) electrons. The molecule has 112 valence electrons. The molecular formula is C14H11N3O4S. The summed E-state index contributed by atoms with van der Waals surface area (Å²) in [7, 11) is -3.66. The minimum atomic E-state index is -3.66. The highest BCUT2D eigenvalue weighted by Gasteiger charge is 2.19. The standard InChI is InChI=1S/C14H11N3O4S/c18-14(19)12-8-15-13-11(16-12)6-7-17(13)22(20,21)9-10-4-2-1-3-5-10/h1-8H,9H2,(H,18,19). The number of benzene rings is 1. The number of rotatable bonds is 4. The molecule has 1 N–H and O–H groups in total. The van der Waals surface area contributed by atoms with E-state index < -0.39 is 16.0 Å². The Morgan fingerprint density at radius 1 is 1.18 bits per heavy atom. The van der Waals surface area contributed by atoms with Crippen LogP contribution in [0.5, 0.6) is 0 Å². The van der Waals surface area contributed by atoms with Gasteiger partial charge in [0.05, 0.1) is 11.9 Å². The average Bonchev–Trinajstić information content (AvgIpc) is 2.91. The highest BCUT2D eigenvalue weighted by molar-refractivity contribution is 7.89. The summed E-state index contributed by atoms with van der Waals surface area (Å²) < 4.78 is 26.0. The molecule has 0 saturated carbocycles. The van der Waals surface area contributed by atoms with Crippen molar-refractivity contribution in [3.63, 3.8) is 0 Å². The zero-order chi connectivity index (χ0) is 15.7. The van der Waals surface area contributed by atoms with Gasteiger partial charge in [-0.2, -0.15) is 0 Å². The fraction of sp³-hybridized carbons (Fsp3) is 0.0714. The second-order valence-electron chi connectivity index (χ2n) is 4.62. The van der Waals surface area contributed by atoms with E-state index in [1.807, 2.05) is 0 Å². The van der Waals surface area contributed by atoms with Gasteiger partial charge in [0.15, 0.2) is 11.3 Å². The van der Waals surface area contributed by atoms with Gasteiger partial charge in [0.25, 0.3) is 0 Å². The third-order valence-corrected chi connectivity index (χ3v) is 4.66. The highest BCUT2D eigenvalue weighted by atomic mass is 32.2. The van der Waals surface area contributed by atoms with Gasteiger partial charge in [-0.15, -0.1) is 0 Å². The number of nitrogens with zero attached hydrogens (tertiary/aromatic N) is 3. The monoisotopic (exact) mass is 317 g/mol. The summed E-state index contributed by atoms with van der Waals surface area (Å²) in [5.41, 5.74) is 0.752. The Labute approximate surface area is 125 Å². The molecule has 8 heteroatoms. The maximum Gasteiger partial charge on any atom is 0.356 e. The van der Waals surface area contributed by atoms with Gasteiger partial charge < -0.3 is 5.11 Å². The fourth-order valence-electron chi connectivity index (χ4n) is 2.07. The second-order valence-corrected chi connectivity index (χ2v) is 6.47. The van der Waals surface area contributed by atoms with E-state index in [1.54, 1.807) is 30.3 Å². The van der Waals surface area contributed by atoms with Crippen LogP contribution in [0.4, 0.5) is 0 Å². The van der Waals surface area contributed by atoms with Crippen molar-refractivity contribution in [1.82, 2.24) is 13.9 Å². The average molecular weight is 317 g/mol. The Hall–Kier alpha value is -2.74. The summed E-state index contributed by atoms with van der Waals surface area (Å²) >= 11 is 0. The molecule has 0 aliphatic carbocycles. The van der Waals surface area contributed by atoms with E-state index in [1.165, 1.54) is 12.3 Å². The lowest BCUT2D eigenvalue weighted by atomic mass is 10.2. The van der Waals surface area contributed by atoms with E-state index in [0.717, 1.165) is 10.2 Å². The molecule has 0 unspecified atom stereocenters. The van der Waals surface area contributed by atoms with E-state index in [9.17, 15) is 13.2 Å². The summed E-state index contributed by atoms with van der Waals surface area (Å²) in [5.74, 6) is -1.39. The molecule has 2 aromatic heterocycles. The van der Waals surface area contributed by atoms with Crippen molar-refractivity contribution in [3.8, 4) is 0 Å².